The number of hydrogen-bond donors (Lipinski definition) is 1. The number of imidazole rings is 2. The molecule has 0 amide bonds. The summed E-state index contributed by atoms with van der Waals surface area (Å²) in [4.78, 5) is 29.6. The molecule has 0 aliphatic heterocycles. The molecule has 5 aromatic heterocycles. The third kappa shape index (κ3) is 2.18. The first-order chi connectivity index (χ1) is 13.3. The fourth-order valence-corrected chi connectivity index (χ4v) is 2.95. The van der Waals surface area contributed by atoms with Crippen LogP contribution in [-0.4, -0.2) is 39.3 Å². The number of benzene rings is 1. The van der Waals surface area contributed by atoms with E-state index >= 15 is 0 Å². The van der Waals surface area contributed by atoms with Crippen LogP contribution < -0.4 is 0 Å². The summed E-state index contributed by atoms with van der Waals surface area (Å²) in [6.07, 6.45) is 8.77. The van der Waals surface area contributed by atoms with Gasteiger partial charge in [0.15, 0.2) is 22.7 Å². The van der Waals surface area contributed by atoms with E-state index in [0.29, 0.717) is 40.0 Å². The zero-order valence-electron chi connectivity index (χ0n) is 13.7. The quantitative estimate of drug-likeness (QED) is 0.509. The third-order valence-corrected chi connectivity index (χ3v) is 4.25. The van der Waals surface area contributed by atoms with Crippen LogP contribution in [0.15, 0.2) is 59.7 Å². The Morgan fingerprint density at radius 1 is 0.926 bits per heavy atom. The van der Waals surface area contributed by atoms with Gasteiger partial charge in [-0.25, -0.2) is 29.9 Å². The van der Waals surface area contributed by atoms with Crippen molar-refractivity contribution in [2.75, 3.05) is 0 Å². The second-order valence-corrected chi connectivity index (χ2v) is 5.96. The van der Waals surface area contributed by atoms with Crippen LogP contribution in [0.1, 0.15) is 0 Å². The van der Waals surface area contributed by atoms with Gasteiger partial charge in [0.05, 0.1) is 12.4 Å². The highest BCUT2D eigenvalue weighted by Gasteiger charge is 2.14. The van der Waals surface area contributed by atoms with E-state index < -0.39 is 0 Å². The fraction of sp³-hybridized carbons (Fsp3) is 0. The maximum absolute atomic E-state index is 5.74. The molecule has 9 nitrogen and oxygen atoms in total. The molecule has 1 N–H and O–H groups in total. The van der Waals surface area contributed by atoms with Crippen LogP contribution in [0.3, 0.4) is 0 Å². The van der Waals surface area contributed by atoms with Crippen molar-refractivity contribution in [2.45, 2.75) is 0 Å². The van der Waals surface area contributed by atoms with Gasteiger partial charge in [0.25, 0.3) is 5.89 Å². The topological polar surface area (TPSA) is 111 Å². The molecule has 0 aliphatic carbocycles. The van der Waals surface area contributed by atoms with Crippen LogP contribution in [-0.2, 0) is 0 Å². The average Bonchev–Trinajstić information content (AvgIpc) is 3.42. The highest BCUT2D eigenvalue weighted by molar-refractivity contribution is 5.78. The van der Waals surface area contributed by atoms with Crippen molar-refractivity contribution >= 4 is 27.9 Å². The lowest BCUT2D eigenvalue weighted by molar-refractivity contribution is 0.613. The Morgan fingerprint density at radius 3 is 2.85 bits per heavy atom. The zero-order valence-corrected chi connectivity index (χ0v) is 13.7. The summed E-state index contributed by atoms with van der Waals surface area (Å²) in [5.41, 5.74) is 4.13. The standard InChI is InChI=1S/C18H10N8O/c1-2-4-13-10(3-1)23-18(27-13)17-21-7-11-15(25-17)24-16(22-11)12-9-26-6-5-19-14(26)8-20-12/h1-9H,(H,21,22,24,25). The Morgan fingerprint density at radius 2 is 1.89 bits per heavy atom. The van der Waals surface area contributed by atoms with Gasteiger partial charge in [-0.05, 0) is 12.1 Å². The van der Waals surface area contributed by atoms with Crippen molar-refractivity contribution in [3.8, 4) is 23.2 Å². The summed E-state index contributed by atoms with van der Waals surface area (Å²) >= 11 is 0. The SMILES string of the molecule is c1ccc2oc(-c3ncc4nc(-c5cn6ccnc6cn5)[nH]c4n3)nc2c1. The molecule has 27 heavy (non-hydrogen) atoms. The van der Waals surface area contributed by atoms with E-state index in [1.165, 1.54) is 0 Å². The molecule has 0 radical (unpaired) electrons. The molecule has 0 fully saturated rings. The molecule has 0 spiro atoms. The summed E-state index contributed by atoms with van der Waals surface area (Å²) in [5.74, 6) is 1.36. The molecule has 5 heterocycles. The van der Waals surface area contributed by atoms with E-state index in [1.54, 1.807) is 18.6 Å². The number of hydrogen-bond acceptors (Lipinski definition) is 7. The first-order valence-corrected chi connectivity index (χ1v) is 8.21. The molecule has 0 saturated heterocycles. The van der Waals surface area contributed by atoms with E-state index in [9.17, 15) is 0 Å². The first kappa shape index (κ1) is 14.1. The van der Waals surface area contributed by atoms with Gasteiger partial charge in [-0.2, -0.15) is 0 Å². The van der Waals surface area contributed by atoms with Crippen LogP contribution in [0.25, 0.3) is 51.1 Å². The van der Waals surface area contributed by atoms with Crippen molar-refractivity contribution in [2.24, 2.45) is 0 Å². The maximum Gasteiger partial charge on any atom is 0.266 e. The van der Waals surface area contributed by atoms with Crippen molar-refractivity contribution < 1.29 is 4.42 Å². The van der Waals surface area contributed by atoms with Gasteiger partial charge in [-0.3, -0.25) is 0 Å². The molecule has 9 heteroatoms. The molecular formula is C18H10N8O. The second kappa shape index (κ2) is 5.18. The minimum Gasteiger partial charge on any atom is -0.434 e. The zero-order chi connectivity index (χ0) is 17.8. The second-order valence-electron chi connectivity index (χ2n) is 5.96. The Balaban J connectivity index is 1.46. The van der Waals surface area contributed by atoms with Gasteiger partial charge in [-0.15, -0.1) is 0 Å². The lowest BCUT2D eigenvalue weighted by Gasteiger charge is -1.97. The Hall–Kier alpha value is -4.14. The molecule has 0 atom stereocenters. The maximum atomic E-state index is 5.74. The van der Waals surface area contributed by atoms with Crippen molar-refractivity contribution in [3.63, 3.8) is 0 Å². The highest BCUT2D eigenvalue weighted by atomic mass is 16.3. The number of fused-ring (bicyclic) bond motifs is 3. The number of aromatic nitrogens is 8. The summed E-state index contributed by atoms with van der Waals surface area (Å²) in [7, 11) is 0. The predicted molar refractivity (Wildman–Crippen MR) is 96.7 cm³/mol. The summed E-state index contributed by atoms with van der Waals surface area (Å²) in [6, 6.07) is 7.54. The van der Waals surface area contributed by atoms with Crippen LogP contribution in [0.2, 0.25) is 0 Å². The Kier molecular flexibility index (Phi) is 2.70. The molecule has 128 valence electrons. The molecule has 0 bridgehead atoms. The predicted octanol–water partition coefficient (Wildman–Crippen LogP) is 2.87. The monoisotopic (exact) mass is 354 g/mol. The van der Waals surface area contributed by atoms with Crippen molar-refractivity contribution in [1.29, 1.82) is 0 Å². The van der Waals surface area contributed by atoms with E-state index in [2.05, 4.69) is 34.9 Å². The van der Waals surface area contributed by atoms with Gasteiger partial charge in [0, 0.05) is 18.6 Å². The van der Waals surface area contributed by atoms with Crippen molar-refractivity contribution in [1.82, 2.24) is 39.3 Å². The summed E-state index contributed by atoms with van der Waals surface area (Å²) in [6.45, 7) is 0. The van der Waals surface area contributed by atoms with Crippen LogP contribution in [0, 0.1) is 0 Å². The van der Waals surface area contributed by atoms with Gasteiger partial charge in [-0.1, -0.05) is 12.1 Å². The lowest BCUT2D eigenvalue weighted by atomic mass is 10.3. The van der Waals surface area contributed by atoms with Gasteiger partial charge >= 0.3 is 0 Å². The largest absolute Gasteiger partial charge is 0.434 e. The number of rotatable bonds is 2. The van der Waals surface area contributed by atoms with Crippen LogP contribution in [0.4, 0.5) is 0 Å². The molecule has 1 aromatic carbocycles. The Labute approximate surface area is 150 Å². The minimum absolute atomic E-state index is 0.368. The molecule has 6 aromatic rings. The number of para-hydroxylation sites is 2. The molecule has 6 rings (SSSR count). The van der Waals surface area contributed by atoms with Crippen LogP contribution >= 0.6 is 0 Å². The molecule has 0 unspecified atom stereocenters. The van der Waals surface area contributed by atoms with Gasteiger partial charge < -0.3 is 13.8 Å². The lowest BCUT2D eigenvalue weighted by Crippen LogP contribution is -1.91. The van der Waals surface area contributed by atoms with Gasteiger partial charge in [0.2, 0.25) is 5.82 Å². The van der Waals surface area contributed by atoms with Gasteiger partial charge in [0.1, 0.15) is 16.7 Å². The smallest absolute Gasteiger partial charge is 0.266 e. The van der Waals surface area contributed by atoms with Crippen LogP contribution in [0.5, 0.6) is 0 Å². The Bertz CT molecular complexity index is 1410. The molecular weight excluding hydrogens is 344 g/mol. The number of oxazole rings is 1. The molecule has 0 saturated carbocycles. The highest BCUT2D eigenvalue weighted by Crippen LogP contribution is 2.23. The number of nitrogens with zero attached hydrogens (tertiary/aromatic N) is 7. The third-order valence-electron chi connectivity index (χ3n) is 4.25. The fourth-order valence-electron chi connectivity index (χ4n) is 2.95. The van der Waals surface area contributed by atoms with E-state index in [1.807, 2.05) is 41.1 Å². The van der Waals surface area contributed by atoms with E-state index in [-0.39, 0.29) is 0 Å². The minimum atomic E-state index is 0.368. The summed E-state index contributed by atoms with van der Waals surface area (Å²) < 4.78 is 7.62. The van der Waals surface area contributed by atoms with E-state index in [0.717, 1.165) is 11.2 Å². The number of aromatic amines is 1. The summed E-state index contributed by atoms with van der Waals surface area (Å²) in [5, 5.41) is 0. The normalized spacial score (nSPS) is 11.7. The van der Waals surface area contributed by atoms with Crippen molar-refractivity contribution in [3.05, 3.63) is 55.2 Å². The molecule has 0 aliphatic rings. The average molecular weight is 354 g/mol. The van der Waals surface area contributed by atoms with E-state index in [4.69, 9.17) is 4.42 Å². The number of nitrogens with one attached hydrogen (secondary N) is 1. The number of H-pyrrole nitrogens is 1. The first-order valence-electron chi connectivity index (χ1n) is 8.21.